The van der Waals surface area contributed by atoms with Gasteiger partial charge in [-0.3, -0.25) is 9.48 Å². The van der Waals surface area contributed by atoms with E-state index in [2.05, 4.69) is 10.1 Å². The molecule has 1 aliphatic rings. The summed E-state index contributed by atoms with van der Waals surface area (Å²) in [6, 6.07) is 5.50. The van der Waals surface area contributed by atoms with Gasteiger partial charge in [0.1, 0.15) is 0 Å². The predicted molar refractivity (Wildman–Crippen MR) is 84.7 cm³/mol. The second-order valence-electron chi connectivity index (χ2n) is 5.09. The molecule has 3 heterocycles. The molecule has 118 valence electrons. The first-order chi connectivity index (χ1) is 11.2. The van der Waals surface area contributed by atoms with Crippen molar-refractivity contribution in [2.75, 3.05) is 6.79 Å². The number of carbonyl (C=O) groups excluding carboxylic acids is 1. The minimum Gasteiger partial charge on any atom is -0.454 e. The van der Waals surface area contributed by atoms with E-state index < -0.39 is 0 Å². The van der Waals surface area contributed by atoms with Crippen molar-refractivity contribution in [1.29, 1.82) is 0 Å². The average Bonchev–Trinajstić information content (AvgIpc) is 3.25. The summed E-state index contributed by atoms with van der Waals surface area (Å²) in [7, 11) is 1.87. The quantitative estimate of drug-likeness (QED) is 0.720. The van der Waals surface area contributed by atoms with E-state index in [1.54, 1.807) is 16.9 Å². The maximum Gasteiger partial charge on any atom is 0.300 e. The molecule has 2 aromatic heterocycles. The van der Waals surface area contributed by atoms with Crippen molar-refractivity contribution in [3.63, 3.8) is 0 Å². The minimum atomic E-state index is -0.348. The average molecular weight is 330 g/mol. The van der Waals surface area contributed by atoms with Gasteiger partial charge >= 0.3 is 0 Å². The van der Waals surface area contributed by atoms with Gasteiger partial charge in [-0.25, -0.2) is 0 Å². The number of aromatic nitrogens is 3. The molecule has 0 spiro atoms. The van der Waals surface area contributed by atoms with E-state index in [1.165, 1.54) is 11.3 Å². The van der Waals surface area contributed by atoms with Crippen LogP contribution in [0.25, 0.3) is 10.2 Å². The lowest BCUT2D eigenvalue weighted by atomic mass is 10.3. The molecule has 1 aliphatic heterocycles. The van der Waals surface area contributed by atoms with Crippen molar-refractivity contribution in [3.8, 4) is 11.5 Å². The van der Waals surface area contributed by atoms with Gasteiger partial charge in [0.25, 0.3) is 5.91 Å². The van der Waals surface area contributed by atoms with Crippen LogP contribution in [0.3, 0.4) is 0 Å². The molecule has 0 bridgehead atoms. The van der Waals surface area contributed by atoms with Gasteiger partial charge < -0.3 is 14.0 Å². The lowest BCUT2D eigenvalue weighted by Crippen LogP contribution is -2.13. The number of hydrogen-bond donors (Lipinski definition) is 0. The third kappa shape index (κ3) is 2.31. The summed E-state index contributed by atoms with van der Waals surface area (Å²) in [5.74, 6) is 1.09. The molecule has 0 N–H and O–H groups in total. The lowest BCUT2D eigenvalue weighted by Gasteiger charge is -1.98. The summed E-state index contributed by atoms with van der Waals surface area (Å²) < 4.78 is 15.3. The summed E-state index contributed by atoms with van der Waals surface area (Å²) >= 11 is 1.43. The van der Waals surface area contributed by atoms with Crippen molar-refractivity contribution in [3.05, 3.63) is 34.9 Å². The zero-order chi connectivity index (χ0) is 16.0. The second-order valence-corrected chi connectivity index (χ2v) is 6.10. The molecule has 3 aromatic rings. The Morgan fingerprint density at radius 1 is 1.39 bits per heavy atom. The summed E-state index contributed by atoms with van der Waals surface area (Å²) in [5.41, 5.74) is 1.29. The molecule has 4 rings (SSSR count). The van der Waals surface area contributed by atoms with E-state index in [0.717, 1.165) is 22.5 Å². The van der Waals surface area contributed by atoms with Gasteiger partial charge in [0.05, 0.1) is 10.2 Å². The molecule has 0 atom stereocenters. The number of carbonyl (C=O) groups is 1. The van der Waals surface area contributed by atoms with Crippen LogP contribution >= 0.6 is 11.3 Å². The zero-order valence-corrected chi connectivity index (χ0v) is 13.5. The molecule has 0 radical (unpaired) electrons. The largest absolute Gasteiger partial charge is 0.454 e. The van der Waals surface area contributed by atoms with Crippen LogP contribution in [0.1, 0.15) is 17.4 Å². The number of amides is 1. The fraction of sp³-hybridized carbons (Fsp3) is 0.267. The Balaban J connectivity index is 1.79. The fourth-order valence-corrected chi connectivity index (χ4v) is 3.45. The summed E-state index contributed by atoms with van der Waals surface area (Å²) in [4.78, 5) is 17.1. The Kier molecular flexibility index (Phi) is 3.19. The van der Waals surface area contributed by atoms with Crippen molar-refractivity contribution in [2.24, 2.45) is 12.0 Å². The SMILES string of the molecule is CCn1ccc(C(=O)N=c2sc3cc4c(cc3n2C)OCO4)n1. The highest BCUT2D eigenvalue weighted by atomic mass is 32.1. The maximum atomic E-state index is 12.3. The topological polar surface area (TPSA) is 70.6 Å². The number of thiazole rings is 1. The molecule has 23 heavy (non-hydrogen) atoms. The highest BCUT2D eigenvalue weighted by Gasteiger charge is 2.17. The van der Waals surface area contributed by atoms with Gasteiger partial charge in [-0.05, 0) is 13.0 Å². The number of benzene rings is 1. The first kappa shape index (κ1) is 14.0. The number of fused-ring (bicyclic) bond motifs is 2. The van der Waals surface area contributed by atoms with Gasteiger partial charge in [0.15, 0.2) is 22.0 Å². The van der Waals surface area contributed by atoms with Crippen LogP contribution in [0.2, 0.25) is 0 Å². The highest BCUT2D eigenvalue weighted by molar-refractivity contribution is 7.16. The number of rotatable bonds is 2. The van der Waals surface area contributed by atoms with Crippen LogP contribution in [-0.2, 0) is 13.6 Å². The smallest absolute Gasteiger partial charge is 0.300 e. The molecule has 0 saturated carbocycles. The van der Waals surface area contributed by atoms with E-state index in [1.807, 2.05) is 30.7 Å². The first-order valence-electron chi connectivity index (χ1n) is 7.17. The molecule has 7 nitrogen and oxygen atoms in total. The van der Waals surface area contributed by atoms with Gasteiger partial charge in [0.2, 0.25) is 6.79 Å². The summed E-state index contributed by atoms with van der Waals surface area (Å²) in [5, 5.41) is 4.19. The van der Waals surface area contributed by atoms with Gasteiger partial charge in [0, 0.05) is 31.9 Å². The van der Waals surface area contributed by atoms with Gasteiger partial charge in [-0.1, -0.05) is 11.3 Å². The number of nitrogens with zero attached hydrogens (tertiary/aromatic N) is 4. The third-order valence-corrected chi connectivity index (χ3v) is 4.78. The zero-order valence-electron chi connectivity index (χ0n) is 12.6. The van der Waals surface area contributed by atoms with Crippen LogP contribution in [0.15, 0.2) is 29.4 Å². The lowest BCUT2D eigenvalue weighted by molar-refractivity contribution is 0.0992. The normalized spacial score (nSPS) is 13.9. The Labute approximate surface area is 135 Å². The van der Waals surface area contributed by atoms with Crippen LogP contribution in [0.5, 0.6) is 11.5 Å². The summed E-state index contributed by atoms with van der Waals surface area (Å²) in [6.45, 7) is 2.93. The van der Waals surface area contributed by atoms with E-state index in [9.17, 15) is 4.79 Å². The molecular weight excluding hydrogens is 316 g/mol. The van der Waals surface area contributed by atoms with E-state index >= 15 is 0 Å². The van der Waals surface area contributed by atoms with Crippen molar-refractivity contribution in [1.82, 2.24) is 14.3 Å². The van der Waals surface area contributed by atoms with Crippen LogP contribution in [-0.4, -0.2) is 27.0 Å². The van der Waals surface area contributed by atoms with Crippen molar-refractivity contribution >= 4 is 27.5 Å². The van der Waals surface area contributed by atoms with Crippen LogP contribution in [0.4, 0.5) is 0 Å². The molecule has 1 amide bonds. The Hall–Kier alpha value is -2.61. The van der Waals surface area contributed by atoms with Gasteiger partial charge in [-0.2, -0.15) is 10.1 Å². The van der Waals surface area contributed by atoms with Crippen LogP contribution in [0, 0.1) is 0 Å². The fourth-order valence-electron chi connectivity index (χ4n) is 2.42. The predicted octanol–water partition coefficient (Wildman–Crippen LogP) is 1.93. The number of ether oxygens (including phenoxy) is 2. The highest BCUT2D eigenvalue weighted by Crippen LogP contribution is 2.36. The standard InChI is InChI=1S/C15H14N4O3S/c1-3-19-5-4-9(17-19)14(20)16-15-18(2)10-6-11-12(22-8-21-11)7-13(10)23-15/h4-7H,3,8H2,1-2H3. The van der Waals surface area contributed by atoms with Crippen molar-refractivity contribution < 1.29 is 14.3 Å². The first-order valence-corrected chi connectivity index (χ1v) is 7.99. The van der Waals surface area contributed by atoms with Gasteiger partial charge in [-0.15, -0.1) is 0 Å². The third-order valence-electron chi connectivity index (χ3n) is 3.68. The minimum absolute atomic E-state index is 0.242. The van der Waals surface area contributed by atoms with Crippen molar-refractivity contribution in [2.45, 2.75) is 13.5 Å². The molecular formula is C15H14N4O3S. The van der Waals surface area contributed by atoms with E-state index in [0.29, 0.717) is 16.2 Å². The molecule has 0 aliphatic carbocycles. The number of aryl methyl sites for hydroxylation is 2. The molecule has 0 saturated heterocycles. The van der Waals surface area contributed by atoms with E-state index in [4.69, 9.17) is 9.47 Å². The Morgan fingerprint density at radius 2 is 2.17 bits per heavy atom. The number of hydrogen-bond acceptors (Lipinski definition) is 5. The molecule has 8 heteroatoms. The summed E-state index contributed by atoms with van der Waals surface area (Å²) in [6.07, 6.45) is 1.77. The molecule has 0 fully saturated rings. The molecule has 0 unspecified atom stereocenters. The second kappa shape index (κ2) is 5.24. The monoisotopic (exact) mass is 330 g/mol. The van der Waals surface area contributed by atoms with E-state index in [-0.39, 0.29) is 12.7 Å². The van der Waals surface area contributed by atoms with Crippen LogP contribution < -0.4 is 14.3 Å². The Bertz CT molecular complexity index is 982. The molecule has 1 aromatic carbocycles. The maximum absolute atomic E-state index is 12.3. The Morgan fingerprint density at radius 3 is 2.91 bits per heavy atom.